The van der Waals surface area contributed by atoms with E-state index in [0.29, 0.717) is 6.61 Å². The van der Waals surface area contributed by atoms with Crippen molar-refractivity contribution < 1.29 is 17.9 Å². The molecule has 0 aromatic rings. The summed E-state index contributed by atoms with van der Waals surface area (Å²) in [6.45, 7) is 5.53. The first kappa shape index (κ1) is 14.2. The molecule has 6 heteroatoms. The Morgan fingerprint density at radius 1 is 1.38 bits per heavy atom. The lowest BCUT2D eigenvalue weighted by Gasteiger charge is -2.28. The highest BCUT2D eigenvalue weighted by Crippen LogP contribution is 2.22. The quantitative estimate of drug-likeness (QED) is 0.715. The fourth-order valence-corrected chi connectivity index (χ4v) is 3.60. The Bertz CT molecular complexity index is 307. The molecule has 0 aromatic carbocycles. The molecule has 96 valence electrons. The van der Waals surface area contributed by atoms with Crippen LogP contribution < -0.4 is 0 Å². The van der Waals surface area contributed by atoms with E-state index >= 15 is 0 Å². The topological polar surface area (TPSA) is 52.6 Å². The van der Waals surface area contributed by atoms with E-state index in [0.717, 1.165) is 26.1 Å². The van der Waals surface area contributed by atoms with Gasteiger partial charge in [0.05, 0.1) is 18.5 Å². The molecule has 0 atom stereocenters. The molecule has 0 amide bonds. The highest BCUT2D eigenvalue weighted by atomic mass is 35.7. The van der Waals surface area contributed by atoms with Crippen LogP contribution in [0.2, 0.25) is 0 Å². The molecule has 0 spiro atoms. The molecule has 0 N–H and O–H groups in total. The second-order valence-corrected chi connectivity index (χ2v) is 7.75. The Balaban J connectivity index is 2.34. The molecule has 0 aliphatic carbocycles. The van der Waals surface area contributed by atoms with Gasteiger partial charge in [-0.05, 0) is 12.8 Å². The van der Waals surface area contributed by atoms with Gasteiger partial charge in [-0.1, -0.05) is 13.8 Å². The summed E-state index contributed by atoms with van der Waals surface area (Å²) in [5.74, 6) is -0.0647. The predicted molar refractivity (Wildman–Crippen MR) is 63.2 cm³/mol. The molecule has 1 fully saturated rings. The Kier molecular flexibility index (Phi) is 5.04. The monoisotopic (exact) mass is 270 g/mol. The molecule has 1 aliphatic heterocycles. The summed E-state index contributed by atoms with van der Waals surface area (Å²) in [7, 11) is 1.77. The summed E-state index contributed by atoms with van der Waals surface area (Å²) >= 11 is 0. The first-order valence-corrected chi connectivity index (χ1v) is 7.88. The van der Waals surface area contributed by atoms with Crippen LogP contribution in [0.1, 0.15) is 26.7 Å². The molecule has 0 bridgehead atoms. The van der Waals surface area contributed by atoms with Crippen LogP contribution in [0.15, 0.2) is 0 Å². The van der Waals surface area contributed by atoms with Crippen LogP contribution in [0.25, 0.3) is 0 Å². The number of hydrogen-bond donors (Lipinski definition) is 0. The maximum Gasteiger partial charge on any atom is 0.233 e. The molecular formula is C10H19ClO4S. The Morgan fingerprint density at radius 2 is 1.94 bits per heavy atom. The zero-order chi connectivity index (χ0) is 12.2. The van der Waals surface area contributed by atoms with Crippen molar-refractivity contribution in [2.24, 2.45) is 5.41 Å². The van der Waals surface area contributed by atoms with E-state index in [1.165, 1.54) is 0 Å². The number of hydrogen-bond acceptors (Lipinski definition) is 4. The van der Waals surface area contributed by atoms with E-state index in [4.69, 9.17) is 20.2 Å². The molecule has 16 heavy (non-hydrogen) atoms. The fraction of sp³-hybridized carbons (Fsp3) is 1.00. The summed E-state index contributed by atoms with van der Waals surface area (Å²) in [6, 6.07) is 0. The second-order valence-electron chi connectivity index (χ2n) is 4.97. The van der Waals surface area contributed by atoms with E-state index in [-0.39, 0.29) is 11.9 Å². The maximum absolute atomic E-state index is 11.0. The minimum atomic E-state index is -3.47. The predicted octanol–water partition coefficient (Wildman–Crippen LogP) is 1.78. The average Bonchev–Trinajstić information content (AvgIpc) is 2.13. The van der Waals surface area contributed by atoms with Crippen molar-refractivity contribution in [3.63, 3.8) is 0 Å². The van der Waals surface area contributed by atoms with Crippen molar-refractivity contribution in [1.82, 2.24) is 0 Å². The van der Waals surface area contributed by atoms with Crippen molar-refractivity contribution in [1.29, 1.82) is 0 Å². The molecular weight excluding hydrogens is 252 g/mol. The summed E-state index contributed by atoms with van der Waals surface area (Å²) in [5.41, 5.74) is -0.446. The highest BCUT2D eigenvalue weighted by Gasteiger charge is 2.27. The van der Waals surface area contributed by atoms with Gasteiger partial charge in [0, 0.05) is 29.3 Å². The van der Waals surface area contributed by atoms with Crippen LogP contribution >= 0.6 is 10.7 Å². The average molecular weight is 271 g/mol. The van der Waals surface area contributed by atoms with Gasteiger partial charge in [0.2, 0.25) is 9.05 Å². The lowest BCUT2D eigenvalue weighted by molar-refractivity contribution is -0.0522. The molecule has 1 heterocycles. The van der Waals surface area contributed by atoms with Crippen LogP contribution in [0.3, 0.4) is 0 Å². The number of rotatable bonds is 5. The highest BCUT2D eigenvalue weighted by molar-refractivity contribution is 8.13. The maximum atomic E-state index is 11.0. The van der Waals surface area contributed by atoms with Crippen molar-refractivity contribution in [3.05, 3.63) is 0 Å². The molecule has 1 saturated heterocycles. The Labute approximate surface area is 102 Å². The number of halogens is 1. The van der Waals surface area contributed by atoms with E-state index in [9.17, 15) is 8.42 Å². The zero-order valence-electron chi connectivity index (χ0n) is 9.74. The normalized spacial score (nSPS) is 19.9. The van der Waals surface area contributed by atoms with Gasteiger partial charge in [-0.2, -0.15) is 0 Å². The molecule has 1 rings (SSSR count). The third-order valence-corrected chi connectivity index (χ3v) is 3.89. The van der Waals surface area contributed by atoms with E-state index in [2.05, 4.69) is 0 Å². The van der Waals surface area contributed by atoms with Gasteiger partial charge in [-0.15, -0.1) is 0 Å². The summed E-state index contributed by atoms with van der Waals surface area (Å²) in [6.07, 6.45) is 1.94. The zero-order valence-corrected chi connectivity index (χ0v) is 11.3. The van der Waals surface area contributed by atoms with Gasteiger partial charge < -0.3 is 9.47 Å². The van der Waals surface area contributed by atoms with Gasteiger partial charge in [-0.25, -0.2) is 8.42 Å². The van der Waals surface area contributed by atoms with Gasteiger partial charge in [0.1, 0.15) is 0 Å². The molecule has 0 radical (unpaired) electrons. The van der Waals surface area contributed by atoms with Crippen molar-refractivity contribution in [2.75, 3.05) is 25.6 Å². The van der Waals surface area contributed by atoms with Gasteiger partial charge >= 0.3 is 0 Å². The summed E-state index contributed by atoms with van der Waals surface area (Å²) in [5, 5.41) is 0. The first-order valence-electron chi connectivity index (χ1n) is 5.40. The standard InChI is InChI=1S/C10H19ClO4S/c1-10(2,8-16(11,12)13)7-15-9-3-5-14-6-4-9/h9H,3-8H2,1-2H3. The lowest BCUT2D eigenvalue weighted by Crippen LogP contribution is -2.32. The molecule has 1 aliphatic rings. The van der Waals surface area contributed by atoms with Crippen LogP contribution in [-0.4, -0.2) is 40.1 Å². The van der Waals surface area contributed by atoms with E-state index < -0.39 is 14.5 Å². The van der Waals surface area contributed by atoms with E-state index in [1.54, 1.807) is 0 Å². The van der Waals surface area contributed by atoms with Crippen molar-refractivity contribution in [2.45, 2.75) is 32.8 Å². The van der Waals surface area contributed by atoms with Crippen molar-refractivity contribution >= 4 is 19.7 Å². The van der Waals surface area contributed by atoms with Crippen LogP contribution in [0, 0.1) is 5.41 Å². The van der Waals surface area contributed by atoms with Gasteiger partial charge in [-0.3, -0.25) is 0 Å². The fourth-order valence-electron chi connectivity index (χ4n) is 1.69. The minimum Gasteiger partial charge on any atom is -0.381 e. The smallest absolute Gasteiger partial charge is 0.233 e. The van der Waals surface area contributed by atoms with E-state index in [1.807, 2.05) is 13.8 Å². The minimum absolute atomic E-state index is 0.0647. The lowest BCUT2D eigenvalue weighted by atomic mass is 9.98. The third-order valence-electron chi connectivity index (χ3n) is 2.44. The van der Waals surface area contributed by atoms with Crippen LogP contribution in [0.5, 0.6) is 0 Å². The van der Waals surface area contributed by atoms with Crippen LogP contribution in [0.4, 0.5) is 0 Å². The van der Waals surface area contributed by atoms with Crippen molar-refractivity contribution in [3.8, 4) is 0 Å². The third kappa shape index (κ3) is 6.03. The Hall–Kier alpha value is 0.160. The largest absolute Gasteiger partial charge is 0.381 e. The second kappa shape index (κ2) is 5.67. The molecule has 4 nitrogen and oxygen atoms in total. The first-order chi connectivity index (χ1) is 7.29. The molecule has 0 aromatic heterocycles. The SMILES string of the molecule is CC(C)(COC1CCOCC1)CS(=O)(=O)Cl. The Morgan fingerprint density at radius 3 is 2.44 bits per heavy atom. The molecule has 0 unspecified atom stereocenters. The summed E-state index contributed by atoms with van der Waals surface area (Å²) < 4.78 is 32.9. The molecule has 0 saturated carbocycles. The number of ether oxygens (including phenoxy) is 2. The van der Waals surface area contributed by atoms with Gasteiger partial charge in [0.25, 0.3) is 0 Å². The van der Waals surface area contributed by atoms with Crippen LogP contribution in [-0.2, 0) is 18.5 Å². The van der Waals surface area contributed by atoms with Gasteiger partial charge in [0.15, 0.2) is 0 Å². The summed E-state index contributed by atoms with van der Waals surface area (Å²) in [4.78, 5) is 0.